The highest BCUT2D eigenvalue weighted by atomic mass is 16.2. The van der Waals surface area contributed by atoms with Gasteiger partial charge in [0, 0.05) is 37.1 Å². The van der Waals surface area contributed by atoms with Crippen molar-refractivity contribution in [1.82, 2.24) is 15.2 Å². The van der Waals surface area contributed by atoms with Crippen LogP contribution in [0.2, 0.25) is 0 Å². The molecule has 1 aromatic heterocycles. The number of likely N-dealkylation sites (tertiary alicyclic amines) is 1. The second-order valence-electron chi connectivity index (χ2n) is 8.28. The van der Waals surface area contributed by atoms with E-state index < -0.39 is 0 Å². The van der Waals surface area contributed by atoms with Gasteiger partial charge in [-0.3, -0.25) is 4.79 Å². The number of benzene rings is 2. The molecule has 2 fully saturated rings. The van der Waals surface area contributed by atoms with E-state index in [0.29, 0.717) is 11.8 Å². The van der Waals surface area contributed by atoms with Crippen molar-refractivity contribution in [3.63, 3.8) is 0 Å². The summed E-state index contributed by atoms with van der Waals surface area (Å²) in [6.45, 7) is 7.96. The largest absolute Gasteiger partial charge is 0.338 e. The van der Waals surface area contributed by atoms with Gasteiger partial charge in [-0.2, -0.15) is 0 Å². The van der Waals surface area contributed by atoms with Crippen LogP contribution in [0.4, 0.5) is 0 Å². The van der Waals surface area contributed by atoms with Gasteiger partial charge >= 0.3 is 0 Å². The molecule has 2 atom stereocenters. The zero-order valence-electron chi connectivity index (χ0n) is 16.4. The van der Waals surface area contributed by atoms with Crippen molar-refractivity contribution in [2.45, 2.75) is 13.8 Å². The third-order valence-corrected chi connectivity index (χ3v) is 6.28. The van der Waals surface area contributed by atoms with Crippen molar-refractivity contribution in [3.8, 4) is 11.3 Å². The lowest BCUT2D eigenvalue weighted by molar-refractivity contribution is 0.0783. The summed E-state index contributed by atoms with van der Waals surface area (Å²) in [7, 11) is 0. The summed E-state index contributed by atoms with van der Waals surface area (Å²) in [5.41, 5.74) is 6.03. The standard InChI is InChI=1S/C24H25N3O/c1-15-7-8-19(16(2)9-15)23-10-21(20-5-3-4-6-22(20)26-23)24(28)27-13-17-11-25-12-18(17)14-27/h3-10,17-18,25H,11-14H2,1-2H3/t17-,18+. The SMILES string of the molecule is Cc1ccc(-c2cc(C(=O)N3C[C@H]4CNC[C@H]4C3)c3ccccc3n2)c(C)c1. The van der Waals surface area contributed by atoms with E-state index in [4.69, 9.17) is 4.98 Å². The van der Waals surface area contributed by atoms with Crippen molar-refractivity contribution in [3.05, 3.63) is 65.2 Å². The topological polar surface area (TPSA) is 45.2 Å². The minimum atomic E-state index is 0.138. The van der Waals surface area contributed by atoms with Crippen molar-refractivity contribution in [2.24, 2.45) is 11.8 Å². The molecule has 0 spiro atoms. The van der Waals surface area contributed by atoms with Gasteiger partial charge in [0.2, 0.25) is 0 Å². The predicted molar refractivity (Wildman–Crippen MR) is 112 cm³/mol. The number of nitrogens with zero attached hydrogens (tertiary/aromatic N) is 2. The fourth-order valence-corrected chi connectivity index (χ4v) is 4.78. The van der Waals surface area contributed by atoms with E-state index >= 15 is 0 Å². The number of fused-ring (bicyclic) bond motifs is 2. The number of para-hydroxylation sites is 1. The summed E-state index contributed by atoms with van der Waals surface area (Å²) in [4.78, 5) is 20.4. The number of aromatic nitrogens is 1. The Morgan fingerprint density at radius 1 is 1.04 bits per heavy atom. The monoisotopic (exact) mass is 371 g/mol. The Labute approximate surface area is 165 Å². The lowest BCUT2D eigenvalue weighted by atomic mass is 9.99. The Bertz CT molecular complexity index is 1060. The molecule has 28 heavy (non-hydrogen) atoms. The van der Waals surface area contributed by atoms with Gasteiger partial charge in [-0.25, -0.2) is 4.98 Å². The first-order valence-electron chi connectivity index (χ1n) is 10.1. The first-order valence-corrected chi connectivity index (χ1v) is 10.1. The number of carbonyl (C=O) groups excluding carboxylic acids is 1. The molecule has 3 heterocycles. The van der Waals surface area contributed by atoms with Gasteiger partial charge in [0.1, 0.15) is 0 Å². The summed E-state index contributed by atoms with van der Waals surface area (Å²) in [6, 6.07) is 16.4. The zero-order chi connectivity index (χ0) is 19.3. The zero-order valence-corrected chi connectivity index (χ0v) is 16.4. The van der Waals surface area contributed by atoms with Gasteiger partial charge in [0.25, 0.3) is 5.91 Å². The van der Waals surface area contributed by atoms with E-state index in [-0.39, 0.29) is 5.91 Å². The minimum absolute atomic E-state index is 0.138. The number of hydrogen-bond acceptors (Lipinski definition) is 3. The fourth-order valence-electron chi connectivity index (χ4n) is 4.78. The number of nitrogens with one attached hydrogen (secondary N) is 1. The number of rotatable bonds is 2. The first-order chi connectivity index (χ1) is 13.6. The third-order valence-electron chi connectivity index (χ3n) is 6.28. The summed E-state index contributed by atoms with van der Waals surface area (Å²) < 4.78 is 0. The lowest BCUT2D eigenvalue weighted by Gasteiger charge is -2.19. The average Bonchev–Trinajstić information content (AvgIpc) is 3.29. The summed E-state index contributed by atoms with van der Waals surface area (Å²) in [6.07, 6.45) is 0. The van der Waals surface area contributed by atoms with Gasteiger partial charge in [-0.05, 0) is 43.4 Å². The van der Waals surface area contributed by atoms with E-state index in [1.54, 1.807) is 0 Å². The molecule has 0 aliphatic carbocycles. The quantitative estimate of drug-likeness (QED) is 0.745. The number of aryl methyl sites for hydroxylation is 2. The van der Waals surface area contributed by atoms with Crippen molar-refractivity contribution >= 4 is 16.8 Å². The second kappa shape index (κ2) is 6.71. The molecular formula is C24H25N3O. The maximum Gasteiger partial charge on any atom is 0.254 e. The van der Waals surface area contributed by atoms with Gasteiger partial charge in [-0.1, -0.05) is 42.0 Å². The molecule has 0 bridgehead atoms. The average molecular weight is 371 g/mol. The van der Waals surface area contributed by atoms with E-state index in [2.05, 4.69) is 37.4 Å². The highest BCUT2D eigenvalue weighted by Gasteiger charge is 2.38. The summed E-state index contributed by atoms with van der Waals surface area (Å²) in [5, 5.41) is 4.39. The number of hydrogen-bond donors (Lipinski definition) is 1. The highest BCUT2D eigenvalue weighted by molar-refractivity contribution is 6.07. The van der Waals surface area contributed by atoms with E-state index in [1.807, 2.05) is 35.2 Å². The van der Waals surface area contributed by atoms with Crippen molar-refractivity contribution in [1.29, 1.82) is 0 Å². The Morgan fingerprint density at radius 3 is 2.54 bits per heavy atom. The molecule has 2 aromatic carbocycles. The molecule has 0 unspecified atom stereocenters. The Kier molecular flexibility index (Phi) is 4.17. The smallest absolute Gasteiger partial charge is 0.254 e. The molecule has 3 aromatic rings. The maximum absolute atomic E-state index is 13.5. The van der Waals surface area contributed by atoms with Crippen molar-refractivity contribution in [2.75, 3.05) is 26.2 Å². The van der Waals surface area contributed by atoms with Gasteiger partial charge in [0.15, 0.2) is 0 Å². The van der Waals surface area contributed by atoms with Crippen LogP contribution in [0.15, 0.2) is 48.5 Å². The molecule has 0 radical (unpaired) electrons. The van der Waals surface area contributed by atoms with Gasteiger partial charge in [0.05, 0.1) is 16.8 Å². The van der Waals surface area contributed by atoms with Crippen LogP contribution in [0.5, 0.6) is 0 Å². The number of pyridine rings is 1. The molecule has 2 aliphatic rings. The molecule has 2 saturated heterocycles. The van der Waals surface area contributed by atoms with Crippen LogP contribution in [-0.4, -0.2) is 42.0 Å². The lowest BCUT2D eigenvalue weighted by Crippen LogP contribution is -2.32. The van der Waals surface area contributed by atoms with Crippen LogP contribution in [0, 0.1) is 25.7 Å². The van der Waals surface area contributed by atoms with Crippen LogP contribution >= 0.6 is 0 Å². The predicted octanol–water partition coefficient (Wildman–Crippen LogP) is 3.81. The molecule has 2 aliphatic heterocycles. The molecule has 1 N–H and O–H groups in total. The molecule has 4 nitrogen and oxygen atoms in total. The number of amides is 1. The van der Waals surface area contributed by atoms with Gasteiger partial charge < -0.3 is 10.2 Å². The summed E-state index contributed by atoms with van der Waals surface area (Å²) >= 11 is 0. The van der Waals surface area contributed by atoms with Crippen LogP contribution < -0.4 is 5.32 Å². The molecule has 1 amide bonds. The second-order valence-corrected chi connectivity index (χ2v) is 8.28. The Balaban J connectivity index is 1.60. The summed E-state index contributed by atoms with van der Waals surface area (Å²) in [5.74, 6) is 1.32. The number of carbonyl (C=O) groups is 1. The van der Waals surface area contributed by atoms with Crippen LogP contribution in [-0.2, 0) is 0 Å². The van der Waals surface area contributed by atoms with E-state index in [9.17, 15) is 4.79 Å². The molecule has 4 heteroatoms. The third kappa shape index (κ3) is 2.89. The molecular weight excluding hydrogens is 346 g/mol. The molecule has 142 valence electrons. The van der Waals surface area contributed by atoms with E-state index in [1.165, 1.54) is 11.1 Å². The van der Waals surface area contributed by atoms with E-state index in [0.717, 1.165) is 53.9 Å². The van der Waals surface area contributed by atoms with Crippen molar-refractivity contribution < 1.29 is 4.79 Å². The Hall–Kier alpha value is -2.72. The van der Waals surface area contributed by atoms with Gasteiger partial charge in [-0.15, -0.1) is 0 Å². The van der Waals surface area contributed by atoms with Crippen LogP contribution in [0.25, 0.3) is 22.2 Å². The van der Waals surface area contributed by atoms with Crippen LogP contribution in [0.3, 0.4) is 0 Å². The fraction of sp³-hybridized carbons (Fsp3) is 0.333. The highest BCUT2D eigenvalue weighted by Crippen LogP contribution is 2.31. The minimum Gasteiger partial charge on any atom is -0.338 e. The van der Waals surface area contributed by atoms with Crippen LogP contribution in [0.1, 0.15) is 21.5 Å². The molecule has 0 saturated carbocycles. The maximum atomic E-state index is 13.5. The Morgan fingerprint density at radius 2 is 1.79 bits per heavy atom. The first kappa shape index (κ1) is 17.4. The molecule has 5 rings (SSSR count). The normalized spacial score (nSPS) is 21.3.